The van der Waals surface area contributed by atoms with E-state index in [-0.39, 0.29) is 0 Å². The molecular weight excluding hydrogens is 346 g/mol. The maximum atomic E-state index is 5.69. The molecule has 1 aromatic heterocycles. The summed E-state index contributed by atoms with van der Waals surface area (Å²) in [5.41, 5.74) is 1.75. The molecule has 0 radical (unpaired) electrons. The molecule has 0 atom stereocenters. The first-order valence-electron chi connectivity index (χ1n) is 6.72. The Morgan fingerprint density at radius 2 is 1.86 bits per heavy atom. The van der Waals surface area contributed by atoms with E-state index in [1.807, 2.05) is 48.5 Å². The Bertz CT molecular complexity index is 773. The van der Waals surface area contributed by atoms with Crippen molar-refractivity contribution in [2.75, 3.05) is 12.4 Å². The lowest BCUT2D eigenvalue weighted by Crippen LogP contribution is -2.00. The van der Waals surface area contributed by atoms with Gasteiger partial charge in [0.05, 0.1) is 19.2 Å². The highest BCUT2D eigenvalue weighted by Crippen LogP contribution is 2.28. The quantitative estimate of drug-likeness (QED) is 0.742. The molecule has 0 aliphatic carbocycles. The van der Waals surface area contributed by atoms with Crippen molar-refractivity contribution in [3.63, 3.8) is 0 Å². The van der Waals surface area contributed by atoms with Crippen LogP contribution in [0.4, 0.5) is 5.69 Å². The first kappa shape index (κ1) is 14.6. The molecule has 3 rings (SSSR count). The highest BCUT2D eigenvalue weighted by Gasteiger charge is 2.12. The van der Waals surface area contributed by atoms with Crippen molar-refractivity contribution in [1.82, 2.24) is 10.2 Å². The fourth-order valence-corrected chi connectivity index (χ4v) is 2.46. The van der Waals surface area contributed by atoms with Crippen molar-refractivity contribution < 1.29 is 9.15 Å². The number of halogens is 1. The monoisotopic (exact) mass is 359 g/mol. The van der Waals surface area contributed by atoms with Gasteiger partial charge in [-0.2, -0.15) is 0 Å². The van der Waals surface area contributed by atoms with E-state index >= 15 is 0 Å². The van der Waals surface area contributed by atoms with Gasteiger partial charge < -0.3 is 14.5 Å². The number of nitrogens with one attached hydrogen (secondary N) is 1. The Morgan fingerprint density at radius 3 is 2.68 bits per heavy atom. The maximum Gasteiger partial charge on any atom is 0.251 e. The molecule has 0 saturated heterocycles. The second-order valence-electron chi connectivity index (χ2n) is 4.53. The summed E-state index contributed by atoms with van der Waals surface area (Å²) in [6, 6.07) is 15.4. The summed E-state index contributed by atoms with van der Waals surface area (Å²) < 4.78 is 12.0. The summed E-state index contributed by atoms with van der Waals surface area (Å²) in [5, 5.41) is 11.4. The van der Waals surface area contributed by atoms with Crippen molar-refractivity contribution >= 4 is 21.6 Å². The largest absolute Gasteiger partial charge is 0.496 e. The summed E-state index contributed by atoms with van der Waals surface area (Å²) in [4.78, 5) is 0. The fraction of sp³-hybridized carbons (Fsp3) is 0.125. The first-order chi connectivity index (χ1) is 10.8. The minimum absolute atomic E-state index is 0.446. The summed E-state index contributed by atoms with van der Waals surface area (Å²) in [7, 11) is 1.62. The second kappa shape index (κ2) is 6.62. The molecule has 3 aromatic rings. The number of aromatic nitrogens is 2. The number of benzene rings is 2. The maximum absolute atomic E-state index is 5.69. The lowest BCUT2D eigenvalue weighted by Gasteiger charge is -2.05. The molecule has 0 aliphatic heterocycles. The van der Waals surface area contributed by atoms with Crippen molar-refractivity contribution in [3.8, 4) is 17.2 Å². The number of nitrogens with zero attached hydrogens (tertiary/aromatic N) is 2. The molecule has 6 heteroatoms. The van der Waals surface area contributed by atoms with Crippen LogP contribution in [0.15, 0.2) is 57.4 Å². The Labute approximate surface area is 136 Å². The van der Waals surface area contributed by atoms with E-state index in [1.165, 1.54) is 0 Å². The van der Waals surface area contributed by atoms with Gasteiger partial charge in [-0.15, -0.1) is 10.2 Å². The molecule has 5 nitrogen and oxygen atoms in total. The molecule has 22 heavy (non-hydrogen) atoms. The van der Waals surface area contributed by atoms with Gasteiger partial charge in [0.1, 0.15) is 5.75 Å². The van der Waals surface area contributed by atoms with E-state index in [0.717, 1.165) is 15.7 Å². The predicted octanol–water partition coefficient (Wildman–Crippen LogP) is 4.12. The zero-order chi connectivity index (χ0) is 15.4. The van der Waals surface area contributed by atoms with Crippen LogP contribution in [0.3, 0.4) is 0 Å². The number of anilines is 1. The van der Waals surface area contributed by atoms with Gasteiger partial charge in [0.25, 0.3) is 5.89 Å². The van der Waals surface area contributed by atoms with Crippen LogP contribution < -0.4 is 10.1 Å². The van der Waals surface area contributed by atoms with Gasteiger partial charge >= 0.3 is 0 Å². The van der Waals surface area contributed by atoms with Crippen LogP contribution in [0.1, 0.15) is 5.89 Å². The lowest BCUT2D eigenvalue weighted by atomic mass is 10.2. The lowest BCUT2D eigenvalue weighted by molar-refractivity contribution is 0.413. The molecule has 0 spiro atoms. The Hall–Kier alpha value is -2.34. The SMILES string of the molecule is COc1ccccc1-c1nnc(CNc2ccccc2Br)o1. The van der Waals surface area contributed by atoms with E-state index in [9.17, 15) is 0 Å². The number of rotatable bonds is 5. The Kier molecular flexibility index (Phi) is 4.39. The van der Waals surface area contributed by atoms with Crippen LogP contribution >= 0.6 is 15.9 Å². The van der Waals surface area contributed by atoms with Crippen LogP contribution in [0, 0.1) is 0 Å². The molecule has 0 fully saturated rings. The molecule has 1 heterocycles. The molecule has 0 saturated carbocycles. The van der Waals surface area contributed by atoms with Crippen molar-refractivity contribution in [2.45, 2.75) is 6.54 Å². The number of hydrogen-bond donors (Lipinski definition) is 1. The van der Waals surface area contributed by atoms with Crippen molar-refractivity contribution in [2.24, 2.45) is 0 Å². The Balaban J connectivity index is 1.75. The topological polar surface area (TPSA) is 60.2 Å². The van der Waals surface area contributed by atoms with Gasteiger partial charge in [0.2, 0.25) is 5.89 Å². The third-order valence-corrected chi connectivity index (χ3v) is 3.80. The van der Waals surface area contributed by atoms with E-state index in [4.69, 9.17) is 9.15 Å². The molecule has 0 unspecified atom stereocenters. The smallest absolute Gasteiger partial charge is 0.251 e. The van der Waals surface area contributed by atoms with E-state index in [2.05, 4.69) is 31.4 Å². The number of methoxy groups -OCH3 is 1. The minimum Gasteiger partial charge on any atom is -0.496 e. The average molecular weight is 360 g/mol. The van der Waals surface area contributed by atoms with Crippen molar-refractivity contribution in [3.05, 3.63) is 58.9 Å². The molecule has 0 aliphatic rings. The van der Waals surface area contributed by atoms with Crippen LogP contribution in [0.25, 0.3) is 11.5 Å². The second-order valence-corrected chi connectivity index (χ2v) is 5.39. The van der Waals surface area contributed by atoms with E-state index in [1.54, 1.807) is 7.11 Å². The van der Waals surface area contributed by atoms with E-state index in [0.29, 0.717) is 24.1 Å². The third kappa shape index (κ3) is 3.12. The van der Waals surface area contributed by atoms with Gasteiger partial charge in [-0.1, -0.05) is 24.3 Å². The minimum atomic E-state index is 0.446. The zero-order valence-electron chi connectivity index (χ0n) is 11.9. The fourth-order valence-electron chi connectivity index (χ4n) is 2.03. The van der Waals surface area contributed by atoms with Gasteiger partial charge in [0, 0.05) is 10.2 Å². The third-order valence-electron chi connectivity index (χ3n) is 3.11. The average Bonchev–Trinajstić information content (AvgIpc) is 3.03. The van der Waals surface area contributed by atoms with Crippen molar-refractivity contribution in [1.29, 1.82) is 0 Å². The highest BCUT2D eigenvalue weighted by atomic mass is 79.9. The molecule has 0 amide bonds. The number of ether oxygens (including phenoxy) is 1. The highest BCUT2D eigenvalue weighted by molar-refractivity contribution is 9.10. The Morgan fingerprint density at radius 1 is 1.09 bits per heavy atom. The van der Waals surface area contributed by atoms with Crippen LogP contribution in [-0.4, -0.2) is 17.3 Å². The summed E-state index contributed by atoms with van der Waals surface area (Å²) in [6.07, 6.45) is 0. The van der Waals surface area contributed by atoms with Gasteiger partial charge in [-0.05, 0) is 40.2 Å². The summed E-state index contributed by atoms with van der Waals surface area (Å²) >= 11 is 3.48. The van der Waals surface area contributed by atoms with Gasteiger partial charge in [0.15, 0.2) is 0 Å². The van der Waals surface area contributed by atoms with Gasteiger partial charge in [-0.25, -0.2) is 0 Å². The molecular formula is C16H14BrN3O2. The molecule has 0 bridgehead atoms. The number of hydrogen-bond acceptors (Lipinski definition) is 5. The van der Waals surface area contributed by atoms with Crippen LogP contribution in [0.2, 0.25) is 0 Å². The van der Waals surface area contributed by atoms with Crippen LogP contribution in [-0.2, 0) is 6.54 Å². The normalized spacial score (nSPS) is 10.5. The molecule has 112 valence electrons. The van der Waals surface area contributed by atoms with E-state index < -0.39 is 0 Å². The zero-order valence-corrected chi connectivity index (χ0v) is 13.5. The first-order valence-corrected chi connectivity index (χ1v) is 7.51. The number of para-hydroxylation sites is 2. The van der Waals surface area contributed by atoms with Gasteiger partial charge in [-0.3, -0.25) is 0 Å². The van der Waals surface area contributed by atoms with Crippen LogP contribution in [0.5, 0.6) is 5.75 Å². The summed E-state index contributed by atoms with van der Waals surface area (Å²) in [6.45, 7) is 0.449. The standard InChI is InChI=1S/C16H14BrN3O2/c1-21-14-9-5-2-6-11(14)16-20-19-15(22-16)10-18-13-8-4-3-7-12(13)17/h2-9,18H,10H2,1H3. The summed E-state index contributed by atoms with van der Waals surface area (Å²) in [5.74, 6) is 1.66. The molecule has 2 aromatic carbocycles. The predicted molar refractivity (Wildman–Crippen MR) is 87.8 cm³/mol. The molecule has 1 N–H and O–H groups in total.